The second kappa shape index (κ2) is 8.59. The molecule has 0 aromatic heterocycles. The van der Waals surface area contributed by atoms with Crippen LogP contribution in [0.25, 0.3) is 0 Å². The number of hydrogen-bond donors (Lipinski definition) is 2. The molecule has 0 aliphatic carbocycles. The lowest BCUT2D eigenvalue weighted by Gasteiger charge is -2.22. The number of nitrogens with zero attached hydrogens (tertiary/aromatic N) is 1. The molecule has 9 heteroatoms. The fourth-order valence-corrected chi connectivity index (χ4v) is 4.29. The highest BCUT2D eigenvalue weighted by Gasteiger charge is 2.25. The summed E-state index contributed by atoms with van der Waals surface area (Å²) in [5.41, 5.74) is 3.37. The third-order valence-electron chi connectivity index (χ3n) is 4.46. The zero-order valence-electron chi connectivity index (χ0n) is 15.4. The maximum absolute atomic E-state index is 13.0. The van der Waals surface area contributed by atoms with Crippen molar-refractivity contribution in [1.82, 2.24) is 9.79 Å². The smallest absolute Gasteiger partial charge is 0.244 e. The molecule has 0 bridgehead atoms. The second-order valence-corrected chi connectivity index (χ2v) is 8.38. The van der Waals surface area contributed by atoms with Gasteiger partial charge in [-0.15, -0.1) is 0 Å². The van der Waals surface area contributed by atoms with Gasteiger partial charge in [0.15, 0.2) is 11.5 Å². The maximum atomic E-state index is 13.0. The van der Waals surface area contributed by atoms with E-state index in [1.165, 1.54) is 9.79 Å². The number of carbonyl (C=O) groups is 1. The van der Waals surface area contributed by atoms with Crippen LogP contribution >= 0.6 is 0 Å². The van der Waals surface area contributed by atoms with Crippen molar-refractivity contribution in [3.63, 3.8) is 0 Å². The molecule has 150 valence electrons. The summed E-state index contributed by atoms with van der Waals surface area (Å²) in [6.45, 7) is 2.17. The molecule has 1 aliphatic rings. The summed E-state index contributed by atoms with van der Waals surface area (Å²) in [4.78, 5) is 11.6. The van der Waals surface area contributed by atoms with Gasteiger partial charge in [0.1, 0.15) is 0 Å². The van der Waals surface area contributed by atoms with E-state index in [1.807, 2.05) is 19.1 Å². The highest BCUT2D eigenvalue weighted by atomic mass is 32.2. The first kappa shape index (κ1) is 20.1. The lowest BCUT2D eigenvalue weighted by atomic mass is 10.1. The Labute approximate surface area is 163 Å². The minimum Gasteiger partial charge on any atom is -0.454 e. The molecular formula is C19H22N2O6S. The molecule has 0 fully saturated rings. The quantitative estimate of drug-likeness (QED) is 0.512. The zero-order chi connectivity index (χ0) is 20.1. The van der Waals surface area contributed by atoms with Crippen molar-refractivity contribution in [3.05, 3.63) is 53.6 Å². The molecule has 28 heavy (non-hydrogen) atoms. The SMILES string of the molecule is Cc1ccc(S(=O)(=O)N(CCC(=O)NO)CCc2ccc3c(c2)OCO3)cc1. The zero-order valence-corrected chi connectivity index (χ0v) is 16.2. The molecule has 2 aromatic carbocycles. The van der Waals surface area contributed by atoms with E-state index in [0.717, 1.165) is 11.1 Å². The Morgan fingerprint density at radius 1 is 1.11 bits per heavy atom. The van der Waals surface area contributed by atoms with Gasteiger partial charge in [-0.1, -0.05) is 23.8 Å². The van der Waals surface area contributed by atoms with Gasteiger partial charge >= 0.3 is 0 Å². The largest absolute Gasteiger partial charge is 0.454 e. The van der Waals surface area contributed by atoms with Crippen molar-refractivity contribution < 1.29 is 27.9 Å². The van der Waals surface area contributed by atoms with E-state index < -0.39 is 15.9 Å². The molecule has 1 aliphatic heterocycles. The highest BCUT2D eigenvalue weighted by molar-refractivity contribution is 7.89. The van der Waals surface area contributed by atoms with Gasteiger partial charge in [0.2, 0.25) is 22.7 Å². The molecule has 2 aromatic rings. The fraction of sp³-hybridized carbons (Fsp3) is 0.316. The number of ether oxygens (including phenoxy) is 2. The predicted molar refractivity (Wildman–Crippen MR) is 101 cm³/mol. The lowest BCUT2D eigenvalue weighted by molar-refractivity contribution is -0.129. The number of fused-ring (bicyclic) bond motifs is 1. The molecule has 2 N–H and O–H groups in total. The van der Waals surface area contributed by atoms with Crippen molar-refractivity contribution in [2.45, 2.75) is 24.7 Å². The first-order valence-corrected chi connectivity index (χ1v) is 10.2. The monoisotopic (exact) mass is 406 g/mol. The number of carbonyl (C=O) groups excluding carboxylic acids is 1. The molecule has 0 atom stereocenters. The van der Waals surface area contributed by atoms with Gasteiger partial charge in [-0.2, -0.15) is 4.31 Å². The molecule has 0 saturated carbocycles. The van der Waals surface area contributed by atoms with Gasteiger partial charge in [0, 0.05) is 19.5 Å². The average molecular weight is 406 g/mol. The normalized spacial score (nSPS) is 13.0. The molecule has 1 amide bonds. The van der Waals surface area contributed by atoms with Gasteiger partial charge in [-0.25, -0.2) is 13.9 Å². The van der Waals surface area contributed by atoms with Gasteiger partial charge < -0.3 is 9.47 Å². The summed E-state index contributed by atoms with van der Waals surface area (Å²) in [5, 5.41) is 8.70. The van der Waals surface area contributed by atoms with Crippen LogP contribution in [0.2, 0.25) is 0 Å². The van der Waals surface area contributed by atoms with Crippen LogP contribution in [0.4, 0.5) is 0 Å². The van der Waals surface area contributed by atoms with Crippen LogP contribution in [-0.4, -0.2) is 43.7 Å². The van der Waals surface area contributed by atoms with Gasteiger partial charge in [-0.3, -0.25) is 10.0 Å². The first-order valence-electron chi connectivity index (χ1n) is 8.78. The Morgan fingerprint density at radius 2 is 1.82 bits per heavy atom. The molecule has 0 saturated heterocycles. The topological polar surface area (TPSA) is 105 Å². The van der Waals surface area contributed by atoms with E-state index in [2.05, 4.69) is 0 Å². The molecule has 3 rings (SSSR count). The number of hydroxylamine groups is 1. The van der Waals surface area contributed by atoms with Crippen molar-refractivity contribution in [3.8, 4) is 11.5 Å². The van der Waals surface area contributed by atoms with E-state index in [9.17, 15) is 13.2 Å². The van der Waals surface area contributed by atoms with E-state index in [4.69, 9.17) is 14.7 Å². The van der Waals surface area contributed by atoms with Crippen molar-refractivity contribution >= 4 is 15.9 Å². The Kier molecular flexibility index (Phi) is 6.18. The average Bonchev–Trinajstić information content (AvgIpc) is 3.15. The summed E-state index contributed by atoms with van der Waals surface area (Å²) < 4.78 is 38.0. The second-order valence-electron chi connectivity index (χ2n) is 6.44. The summed E-state index contributed by atoms with van der Waals surface area (Å²) in [6, 6.07) is 12.0. The Hall–Kier alpha value is -2.62. The number of hydrogen-bond acceptors (Lipinski definition) is 6. The number of benzene rings is 2. The molecular weight excluding hydrogens is 384 g/mol. The van der Waals surface area contributed by atoms with Crippen LogP contribution < -0.4 is 15.0 Å². The van der Waals surface area contributed by atoms with Crippen molar-refractivity contribution in [2.75, 3.05) is 19.9 Å². The van der Waals surface area contributed by atoms with E-state index in [1.54, 1.807) is 30.3 Å². The van der Waals surface area contributed by atoms with Gasteiger partial charge in [0.25, 0.3) is 0 Å². The summed E-state index contributed by atoms with van der Waals surface area (Å²) in [6.07, 6.45) is 0.283. The minimum absolute atomic E-state index is 0.0485. The number of sulfonamides is 1. The van der Waals surface area contributed by atoms with E-state index >= 15 is 0 Å². The lowest BCUT2D eigenvalue weighted by Crippen LogP contribution is -2.36. The first-order chi connectivity index (χ1) is 13.4. The van der Waals surface area contributed by atoms with Crippen LogP contribution in [0.1, 0.15) is 17.5 Å². The molecule has 1 heterocycles. The van der Waals surface area contributed by atoms with E-state index in [0.29, 0.717) is 17.9 Å². The number of amides is 1. The third-order valence-corrected chi connectivity index (χ3v) is 6.37. The van der Waals surface area contributed by atoms with Crippen molar-refractivity contribution in [1.29, 1.82) is 0 Å². The Balaban J connectivity index is 1.78. The van der Waals surface area contributed by atoms with Crippen molar-refractivity contribution in [2.24, 2.45) is 0 Å². The van der Waals surface area contributed by atoms with Crippen LogP contribution in [0.5, 0.6) is 11.5 Å². The molecule has 0 radical (unpaired) electrons. The minimum atomic E-state index is -3.79. The Bertz CT molecular complexity index is 943. The summed E-state index contributed by atoms with van der Waals surface area (Å²) >= 11 is 0. The molecule has 0 unspecified atom stereocenters. The number of aryl methyl sites for hydroxylation is 1. The highest BCUT2D eigenvalue weighted by Crippen LogP contribution is 2.32. The van der Waals surface area contributed by atoms with Crippen LogP contribution in [-0.2, 0) is 21.2 Å². The number of rotatable bonds is 8. The van der Waals surface area contributed by atoms with Gasteiger partial charge in [-0.05, 0) is 43.2 Å². The van der Waals surface area contributed by atoms with Crippen LogP contribution in [0.15, 0.2) is 47.4 Å². The standard InChI is InChI=1S/C19H22N2O6S/c1-14-2-5-16(6-3-14)28(24,25)21(11-9-19(22)20-23)10-8-15-4-7-17-18(12-15)27-13-26-17/h2-7,12,23H,8-11,13H2,1H3,(H,20,22). The van der Waals surface area contributed by atoms with E-state index in [-0.39, 0.29) is 31.2 Å². The predicted octanol–water partition coefficient (Wildman–Crippen LogP) is 1.85. The fourth-order valence-electron chi connectivity index (χ4n) is 2.84. The van der Waals surface area contributed by atoms with Gasteiger partial charge in [0.05, 0.1) is 4.90 Å². The third kappa shape index (κ3) is 4.61. The molecule has 0 spiro atoms. The maximum Gasteiger partial charge on any atom is 0.244 e. The Morgan fingerprint density at radius 3 is 2.54 bits per heavy atom. The molecule has 8 nitrogen and oxygen atoms in total. The summed E-state index contributed by atoms with van der Waals surface area (Å²) in [7, 11) is -3.79. The van der Waals surface area contributed by atoms with Crippen LogP contribution in [0.3, 0.4) is 0 Å². The van der Waals surface area contributed by atoms with Crippen LogP contribution in [0, 0.1) is 6.92 Å². The summed E-state index contributed by atoms with van der Waals surface area (Å²) in [5.74, 6) is 0.643. The number of nitrogens with one attached hydrogen (secondary N) is 1.